The van der Waals surface area contributed by atoms with Gasteiger partial charge < -0.3 is 4.90 Å². The minimum atomic E-state index is -9.72. The van der Waals surface area contributed by atoms with Crippen LogP contribution < -0.4 is 4.90 Å². The highest BCUT2D eigenvalue weighted by Gasteiger charge is 2.63. The molecule has 16 heavy (non-hydrogen) atoms. The fraction of sp³-hybridized carbons (Fsp3) is 0.125. The molecule has 0 aromatic heterocycles. The zero-order chi connectivity index (χ0) is 12.5. The number of nitrogens with zero attached hydrogens (tertiary/aromatic N) is 2. The van der Waals surface area contributed by atoms with Crippen LogP contribution in [0.2, 0.25) is 0 Å². The molecule has 0 aliphatic rings. The Balaban J connectivity index is 2.90. The van der Waals surface area contributed by atoms with Crippen molar-refractivity contribution in [2.24, 2.45) is 4.40 Å². The first-order chi connectivity index (χ1) is 6.97. The summed E-state index contributed by atoms with van der Waals surface area (Å²) in [7, 11) is -8.52. The van der Waals surface area contributed by atoms with Crippen LogP contribution in [0.5, 0.6) is 0 Å². The van der Waals surface area contributed by atoms with Crippen molar-refractivity contribution in [1.82, 2.24) is 0 Å². The van der Waals surface area contributed by atoms with Gasteiger partial charge in [0.05, 0.1) is 0 Å². The zero-order valence-corrected chi connectivity index (χ0v) is 8.97. The van der Waals surface area contributed by atoms with Crippen molar-refractivity contribution in [2.45, 2.75) is 0 Å². The van der Waals surface area contributed by atoms with Crippen LogP contribution in [0.4, 0.5) is 25.1 Å². The lowest BCUT2D eigenvalue weighted by molar-refractivity contribution is 0.367. The van der Waals surface area contributed by atoms with E-state index in [2.05, 4.69) is 0 Å². The lowest BCUT2D eigenvalue weighted by Crippen LogP contribution is -2.16. The van der Waals surface area contributed by atoms with Crippen LogP contribution in [0.1, 0.15) is 0 Å². The normalized spacial score (nSPS) is 16.9. The Morgan fingerprint density at radius 1 is 1.06 bits per heavy atom. The molecule has 0 atom stereocenters. The van der Waals surface area contributed by atoms with Crippen LogP contribution in [0.3, 0.4) is 0 Å². The lowest BCUT2D eigenvalue weighted by Gasteiger charge is -2.35. The number of halogens is 5. The zero-order valence-electron chi connectivity index (χ0n) is 8.16. The maximum atomic E-state index is 11.9. The first-order valence-electron chi connectivity index (χ1n) is 4.05. The molecule has 0 spiro atoms. The second-order valence-corrected chi connectivity index (χ2v) is 5.16. The smallest absolute Gasteiger partial charge is 0.335 e. The van der Waals surface area contributed by atoms with Crippen molar-refractivity contribution in [1.29, 1.82) is 0 Å². The molecule has 0 N–H and O–H groups in total. The average molecular weight is 260 g/mol. The average Bonchev–Trinajstić information content (AvgIpc) is 2.13. The third-order valence-electron chi connectivity index (χ3n) is 1.58. The van der Waals surface area contributed by atoms with Gasteiger partial charge in [-0.15, -0.1) is 4.40 Å². The molecule has 0 saturated heterocycles. The van der Waals surface area contributed by atoms with Crippen molar-refractivity contribution in [3.63, 3.8) is 0 Å². The molecule has 0 amide bonds. The molecule has 2 nitrogen and oxygen atoms in total. The number of benzene rings is 1. The Morgan fingerprint density at radius 3 is 2.00 bits per heavy atom. The van der Waals surface area contributed by atoms with E-state index in [9.17, 15) is 19.4 Å². The molecule has 0 fully saturated rings. The quantitative estimate of drug-likeness (QED) is 0.447. The summed E-state index contributed by atoms with van der Waals surface area (Å²) in [5, 5.41) is 0. The monoisotopic (exact) mass is 260 g/mol. The van der Waals surface area contributed by atoms with Gasteiger partial charge in [-0.3, -0.25) is 0 Å². The summed E-state index contributed by atoms with van der Waals surface area (Å²) < 4.78 is 60.8. The standard InChI is InChI=1S/C8H9F5N2S/c1-15(8-5-3-2-4-6-8)7-14-16(9,10,11,12)13/h2-7H,1H3. The molecule has 0 bridgehead atoms. The van der Waals surface area contributed by atoms with E-state index in [0.29, 0.717) is 5.69 Å². The Labute approximate surface area is 89.3 Å². The van der Waals surface area contributed by atoms with E-state index < -0.39 is 10.4 Å². The minimum absolute atomic E-state index is 0.0664. The molecule has 92 valence electrons. The summed E-state index contributed by atoms with van der Waals surface area (Å²) in [5.74, 6) is 0. The molecule has 0 saturated carbocycles. The van der Waals surface area contributed by atoms with Gasteiger partial charge in [0, 0.05) is 12.7 Å². The lowest BCUT2D eigenvalue weighted by atomic mass is 10.3. The third kappa shape index (κ3) is 4.96. The summed E-state index contributed by atoms with van der Waals surface area (Å²) in [6.45, 7) is 0. The summed E-state index contributed by atoms with van der Waals surface area (Å²) in [6, 6.07) is 7.73. The van der Waals surface area contributed by atoms with E-state index >= 15 is 0 Å². The minimum Gasteiger partial charge on any atom is -0.335 e. The number of hydrogen-bond donors (Lipinski definition) is 0. The van der Waals surface area contributed by atoms with E-state index in [4.69, 9.17) is 0 Å². The Hall–Kier alpha value is -1.31. The highest BCUT2D eigenvalue weighted by atomic mass is 32.5. The van der Waals surface area contributed by atoms with Crippen LogP contribution in [0, 0.1) is 0 Å². The van der Waals surface area contributed by atoms with E-state index in [1.165, 1.54) is 23.6 Å². The molecule has 0 aliphatic carbocycles. The molecule has 1 rings (SSSR count). The maximum absolute atomic E-state index is 11.9. The van der Waals surface area contributed by atoms with Gasteiger partial charge in [-0.2, -0.15) is 0 Å². The van der Waals surface area contributed by atoms with E-state index in [1.54, 1.807) is 18.2 Å². The number of hydrogen-bond acceptors (Lipinski definition) is 1. The Kier molecular flexibility index (Phi) is 2.47. The molecule has 1 aromatic rings. The van der Waals surface area contributed by atoms with Gasteiger partial charge in [0.1, 0.15) is 6.34 Å². The van der Waals surface area contributed by atoms with E-state index in [-0.39, 0.29) is 6.34 Å². The molecular weight excluding hydrogens is 251 g/mol. The molecule has 8 heteroatoms. The summed E-state index contributed by atoms with van der Waals surface area (Å²) in [5.41, 5.74) is 0.327. The van der Waals surface area contributed by atoms with Crippen molar-refractivity contribution in [3.05, 3.63) is 30.3 Å². The fourth-order valence-corrected chi connectivity index (χ4v) is 1.21. The van der Waals surface area contributed by atoms with Crippen molar-refractivity contribution >= 4 is 22.4 Å². The summed E-state index contributed by atoms with van der Waals surface area (Å²) >= 11 is 0. The first kappa shape index (κ1) is 12.8. The topological polar surface area (TPSA) is 15.6 Å². The van der Waals surface area contributed by atoms with Crippen LogP contribution in [-0.4, -0.2) is 13.4 Å². The number of anilines is 1. The third-order valence-corrected chi connectivity index (χ3v) is 2.08. The van der Waals surface area contributed by atoms with Crippen molar-refractivity contribution < 1.29 is 19.4 Å². The van der Waals surface area contributed by atoms with E-state index in [0.717, 1.165) is 4.90 Å². The van der Waals surface area contributed by atoms with Gasteiger partial charge in [0.15, 0.2) is 0 Å². The van der Waals surface area contributed by atoms with Crippen LogP contribution in [0.25, 0.3) is 0 Å². The molecule has 0 radical (unpaired) electrons. The maximum Gasteiger partial charge on any atom is 0.383 e. The van der Waals surface area contributed by atoms with Crippen LogP contribution in [0.15, 0.2) is 34.7 Å². The molecule has 1 aromatic carbocycles. The van der Waals surface area contributed by atoms with Crippen LogP contribution in [-0.2, 0) is 0 Å². The molecule has 0 heterocycles. The van der Waals surface area contributed by atoms with Gasteiger partial charge >= 0.3 is 10.4 Å². The first-order valence-corrected chi connectivity index (χ1v) is 5.96. The second kappa shape index (κ2) is 3.09. The SMILES string of the molecule is CN(C=NS(F)(F)(F)(F)F)c1ccccc1. The highest BCUT2D eigenvalue weighted by molar-refractivity contribution is 8.44. The Morgan fingerprint density at radius 2 is 1.56 bits per heavy atom. The van der Waals surface area contributed by atoms with Crippen LogP contribution >= 0.6 is 10.4 Å². The summed E-state index contributed by atoms with van der Waals surface area (Å²) in [4.78, 5) is 0.859. The van der Waals surface area contributed by atoms with Gasteiger partial charge in [0.25, 0.3) is 0 Å². The summed E-state index contributed by atoms with van der Waals surface area (Å²) in [6.07, 6.45) is 0.0664. The largest absolute Gasteiger partial charge is 0.383 e. The number of para-hydroxylation sites is 1. The fourth-order valence-electron chi connectivity index (χ4n) is 0.890. The van der Waals surface area contributed by atoms with Gasteiger partial charge in [-0.1, -0.05) is 37.6 Å². The van der Waals surface area contributed by atoms with Gasteiger partial charge in [-0.25, -0.2) is 0 Å². The highest BCUT2D eigenvalue weighted by Crippen LogP contribution is 2.98. The predicted octanol–water partition coefficient (Wildman–Crippen LogP) is 4.36. The molecule has 0 unspecified atom stereocenters. The second-order valence-electron chi connectivity index (χ2n) is 3.10. The molecular formula is C8H9F5N2S. The van der Waals surface area contributed by atoms with Gasteiger partial charge in [-0.05, 0) is 12.1 Å². The Bertz CT molecular complexity index is 398. The van der Waals surface area contributed by atoms with Crippen molar-refractivity contribution in [2.75, 3.05) is 11.9 Å². The van der Waals surface area contributed by atoms with E-state index in [1.807, 2.05) is 0 Å². The number of rotatable bonds is 3. The van der Waals surface area contributed by atoms with Gasteiger partial charge in [0.2, 0.25) is 0 Å². The molecule has 0 aliphatic heterocycles. The van der Waals surface area contributed by atoms with Crippen molar-refractivity contribution in [3.8, 4) is 0 Å². The predicted molar refractivity (Wildman–Crippen MR) is 56.5 cm³/mol.